The number of methoxy groups -OCH3 is 1. The van der Waals surface area contributed by atoms with Gasteiger partial charge in [-0.15, -0.1) is 0 Å². The van der Waals surface area contributed by atoms with Crippen molar-refractivity contribution in [2.45, 2.75) is 6.61 Å². The monoisotopic (exact) mass is 378 g/mol. The zero-order valence-electron chi connectivity index (χ0n) is 15.1. The number of ether oxygens (including phenoxy) is 3. The molecule has 1 aromatic heterocycles. The first kappa shape index (κ1) is 17.8. The SMILES string of the molecule is COc1cc(CO)cc(-c2cc(/C=C/C(=O)c3ccc4c(c3)OCO4)[nH]n2)c1. The summed E-state index contributed by atoms with van der Waals surface area (Å²) in [5.74, 6) is 1.69. The Labute approximate surface area is 161 Å². The number of aliphatic hydroxyl groups excluding tert-OH is 1. The number of aliphatic hydroxyl groups is 1. The van der Waals surface area contributed by atoms with E-state index in [1.807, 2.05) is 18.2 Å². The number of H-pyrrole nitrogens is 1. The molecule has 4 rings (SSSR count). The van der Waals surface area contributed by atoms with Crippen molar-refractivity contribution in [3.05, 3.63) is 65.4 Å². The zero-order valence-corrected chi connectivity index (χ0v) is 15.1. The van der Waals surface area contributed by atoms with Gasteiger partial charge in [-0.05, 0) is 60.2 Å². The lowest BCUT2D eigenvalue weighted by molar-refractivity contribution is 0.104. The first-order chi connectivity index (χ1) is 13.7. The van der Waals surface area contributed by atoms with Crippen molar-refractivity contribution in [2.24, 2.45) is 0 Å². The molecule has 2 N–H and O–H groups in total. The van der Waals surface area contributed by atoms with Crippen molar-refractivity contribution in [2.75, 3.05) is 13.9 Å². The van der Waals surface area contributed by atoms with Gasteiger partial charge < -0.3 is 19.3 Å². The number of aromatic nitrogens is 2. The highest BCUT2D eigenvalue weighted by molar-refractivity contribution is 6.07. The predicted octanol–water partition coefficient (Wildman–Crippen LogP) is 3.20. The number of hydrogen-bond acceptors (Lipinski definition) is 6. The molecule has 0 unspecified atom stereocenters. The number of ketones is 1. The van der Waals surface area contributed by atoms with Crippen molar-refractivity contribution in [1.29, 1.82) is 0 Å². The summed E-state index contributed by atoms with van der Waals surface area (Å²) in [6, 6.07) is 12.3. The molecule has 1 aliphatic rings. The second-order valence-electron chi connectivity index (χ2n) is 6.20. The number of benzene rings is 2. The van der Waals surface area contributed by atoms with Gasteiger partial charge in [0.2, 0.25) is 6.79 Å². The van der Waals surface area contributed by atoms with Crippen molar-refractivity contribution >= 4 is 11.9 Å². The molecule has 0 aliphatic carbocycles. The molecule has 0 atom stereocenters. The van der Waals surface area contributed by atoms with E-state index in [0.717, 1.165) is 11.1 Å². The van der Waals surface area contributed by atoms with E-state index >= 15 is 0 Å². The summed E-state index contributed by atoms with van der Waals surface area (Å²) in [7, 11) is 1.57. The van der Waals surface area contributed by atoms with Crippen molar-refractivity contribution in [3.8, 4) is 28.5 Å². The van der Waals surface area contributed by atoms with Crippen molar-refractivity contribution in [3.63, 3.8) is 0 Å². The third kappa shape index (κ3) is 3.60. The summed E-state index contributed by atoms with van der Waals surface area (Å²) in [5, 5.41) is 16.6. The van der Waals surface area contributed by atoms with E-state index in [-0.39, 0.29) is 19.2 Å². The molecule has 7 heteroatoms. The maximum absolute atomic E-state index is 12.4. The van der Waals surface area contributed by atoms with Crippen LogP contribution in [0, 0.1) is 0 Å². The van der Waals surface area contributed by atoms with E-state index in [0.29, 0.717) is 34.2 Å². The lowest BCUT2D eigenvalue weighted by Crippen LogP contribution is -1.94. The van der Waals surface area contributed by atoms with Crippen molar-refractivity contribution in [1.82, 2.24) is 10.2 Å². The van der Waals surface area contributed by atoms with Crippen LogP contribution in [0.15, 0.2) is 48.5 Å². The molecule has 0 saturated carbocycles. The Balaban J connectivity index is 1.52. The van der Waals surface area contributed by atoms with E-state index < -0.39 is 0 Å². The number of hydrogen-bond donors (Lipinski definition) is 2. The number of carbonyl (C=O) groups excluding carboxylic acids is 1. The molecule has 0 saturated heterocycles. The summed E-state index contributed by atoms with van der Waals surface area (Å²) in [6.45, 7) is 0.0768. The summed E-state index contributed by atoms with van der Waals surface area (Å²) in [5.41, 5.74) is 3.41. The molecule has 28 heavy (non-hydrogen) atoms. The van der Waals surface area contributed by atoms with E-state index in [1.54, 1.807) is 37.5 Å². The Morgan fingerprint density at radius 3 is 2.89 bits per heavy atom. The molecular weight excluding hydrogens is 360 g/mol. The van der Waals surface area contributed by atoms with Crippen LogP contribution in [0.2, 0.25) is 0 Å². The lowest BCUT2D eigenvalue weighted by Gasteiger charge is -2.05. The van der Waals surface area contributed by atoms with E-state index in [2.05, 4.69) is 10.2 Å². The van der Waals surface area contributed by atoms with Crippen LogP contribution in [0.5, 0.6) is 17.2 Å². The van der Waals surface area contributed by atoms with Crippen LogP contribution in [-0.2, 0) is 6.61 Å². The molecule has 2 aromatic carbocycles. The van der Waals surface area contributed by atoms with Gasteiger partial charge >= 0.3 is 0 Å². The van der Waals surface area contributed by atoms with Crippen LogP contribution < -0.4 is 14.2 Å². The number of rotatable bonds is 6. The standard InChI is InChI=1S/C21H18N2O5/c1-26-17-7-13(11-24)6-15(8-17)18-10-16(22-23-18)3-4-19(25)14-2-5-20-21(9-14)28-12-27-20/h2-10,24H,11-12H2,1H3,(H,22,23)/b4-3+. The van der Waals surface area contributed by atoms with Gasteiger partial charge in [-0.2, -0.15) is 5.10 Å². The highest BCUT2D eigenvalue weighted by Gasteiger charge is 2.15. The molecule has 0 bridgehead atoms. The normalized spacial score (nSPS) is 12.5. The quantitative estimate of drug-likeness (QED) is 0.505. The Bertz CT molecular complexity index is 1030. The Kier molecular flexibility index (Phi) is 4.82. The van der Waals surface area contributed by atoms with E-state index in [4.69, 9.17) is 14.2 Å². The van der Waals surface area contributed by atoms with Crippen LogP contribution in [0.3, 0.4) is 0 Å². The molecule has 3 aromatic rings. The fourth-order valence-corrected chi connectivity index (χ4v) is 2.90. The Morgan fingerprint density at radius 2 is 2.07 bits per heavy atom. The highest BCUT2D eigenvalue weighted by Crippen LogP contribution is 2.32. The van der Waals surface area contributed by atoms with Gasteiger partial charge in [0.05, 0.1) is 25.1 Å². The number of nitrogens with one attached hydrogen (secondary N) is 1. The summed E-state index contributed by atoms with van der Waals surface area (Å²) < 4.78 is 15.8. The fraction of sp³-hybridized carbons (Fsp3) is 0.143. The van der Waals surface area contributed by atoms with Gasteiger partial charge in [0.15, 0.2) is 17.3 Å². The molecule has 0 fully saturated rings. The van der Waals surface area contributed by atoms with Gasteiger partial charge in [-0.1, -0.05) is 0 Å². The van der Waals surface area contributed by atoms with Gasteiger partial charge in [0, 0.05) is 11.1 Å². The maximum Gasteiger partial charge on any atom is 0.231 e. The van der Waals surface area contributed by atoms with Gasteiger partial charge in [0.1, 0.15) is 5.75 Å². The topological polar surface area (TPSA) is 93.7 Å². The molecule has 2 heterocycles. The number of allylic oxidation sites excluding steroid dienone is 1. The minimum Gasteiger partial charge on any atom is -0.497 e. The second-order valence-corrected chi connectivity index (χ2v) is 6.20. The molecule has 1 aliphatic heterocycles. The van der Waals surface area contributed by atoms with Crippen LogP contribution in [-0.4, -0.2) is 35.0 Å². The summed E-state index contributed by atoms with van der Waals surface area (Å²) in [6.07, 6.45) is 3.14. The van der Waals surface area contributed by atoms with Crippen LogP contribution in [0.4, 0.5) is 0 Å². The molecule has 0 amide bonds. The molecule has 0 radical (unpaired) electrons. The van der Waals surface area contributed by atoms with Crippen LogP contribution in [0.25, 0.3) is 17.3 Å². The molecule has 7 nitrogen and oxygen atoms in total. The highest BCUT2D eigenvalue weighted by atomic mass is 16.7. The third-order valence-corrected chi connectivity index (χ3v) is 4.35. The first-order valence-electron chi connectivity index (χ1n) is 8.63. The van der Waals surface area contributed by atoms with E-state index in [9.17, 15) is 9.90 Å². The van der Waals surface area contributed by atoms with Crippen LogP contribution >= 0.6 is 0 Å². The Hall–Kier alpha value is -3.58. The summed E-state index contributed by atoms with van der Waals surface area (Å²) in [4.78, 5) is 12.4. The zero-order chi connectivity index (χ0) is 19.5. The minimum atomic E-state index is -0.154. The van der Waals surface area contributed by atoms with E-state index in [1.165, 1.54) is 6.08 Å². The largest absolute Gasteiger partial charge is 0.497 e. The maximum atomic E-state index is 12.4. The van der Waals surface area contributed by atoms with Gasteiger partial charge in [0.25, 0.3) is 0 Å². The molecule has 0 spiro atoms. The van der Waals surface area contributed by atoms with Crippen LogP contribution in [0.1, 0.15) is 21.6 Å². The van der Waals surface area contributed by atoms with Crippen molar-refractivity contribution < 1.29 is 24.1 Å². The minimum absolute atomic E-state index is 0.0918. The number of aromatic amines is 1. The van der Waals surface area contributed by atoms with Gasteiger partial charge in [-0.25, -0.2) is 0 Å². The number of carbonyl (C=O) groups is 1. The first-order valence-corrected chi connectivity index (χ1v) is 8.63. The lowest BCUT2D eigenvalue weighted by atomic mass is 10.1. The third-order valence-electron chi connectivity index (χ3n) is 4.35. The smallest absolute Gasteiger partial charge is 0.231 e. The Morgan fingerprint density at radius 1 is 1.21 bits per heavy atom. The fourth-order valence-electron chi connectivity index (χ4n) is 2.90. The molecular formula is C21H18N2O5. The number of fused-ring (bicyclic) bond motifs is 1. The summed E-state index contributed by atoms with van der Waals surface area (Å²) >= 11 is 0. The second kappa shape index (κ2) is 7.58. The average Bonchev–Trinajstić information content (AvgIpc) is 3.40. The number of nitrogens with zero attached hydrogens (tertiary/aromatic N) is 1. The van der Waals surface area contributed by atoms with Gasteiger partial charge in [-0.3, -0.25) is 9.89 Å². The molecule has 142 valence electrons. The average molecular weight is 378 g/mol. The predicted molar refractivity (Wildman–Crippen MR) is 102 cm³/mol.